The first-order chi connectivity index (χ1) is 8.79. The lowest BCUT2D eigenvalue weighted by Crippen LogP contribution is -2.46. The summed E-state index contributed by atoms with van der Waals surface area (Å²) in [6, 6.07) is 4.63. The number of benzene rings is 1. The standard InChI is InChI=1S/C13H14F5N/c14-12(15)8-19-5-4-10(12)6-9-2-1-3-11(7-9)13(16,17)18/h1-3,7,10,19H,4-6,8H2. The fourth-order valence-corrected chi connectivity index (χ4v) is 2.30. The minimum atomic E-state index is -4.44. The molecular weight excluding hydrogens is 265 g/mol. The van der Waals surface area contributed by atoms with Crippen molar-refractivity contribution in [3.05, 3.63) is 35.4 Å². The first-order valence-corrected chi connectivity index (χ1v) is 6.04. The van der Waals surface area contributed by atoms with E-state index >= 15 is 0 Å². The summed E-state index contributed by atoms with van der Waals surface area (Å²) in [5.41, 5.74) is -0.483. The summed E-state index contributed by atoms with van der Waals surface area (Å²) in [7, 11) is 0. The Morgan fingerprint density at radius 1 is 1.26 bits per heavy atom. The molecule has 1 aliphatic heterocycles. The van der Waals surface area contributed by atoms with E-state index in [1.165, 1.54) is 12.1 Å². The van der Waals surface area contributed by atoms with Gasteiger partial charge < -0.3 is 5.32 Å². The van der Waals surface area contributed by atoms with E-state index in [9.17, 15) is 22.0 Å². The summed E-state index contributed by atoms with van der Waals surface area (Å²) in [5, 5.41) is 2.60. The van der Waals surface area contributed by atoms with Gasteiger partial charge in [0.2, 0.25) is 0 Å². The van der Waals surface area contributed by atoms with Crippen molar-refractivity contribution >= 4 is 0 Å². The van der Waals surface area contributed by atoms with Gasteiger partial charge in [-0.25, -0.2) is 8.78 Å². The third kappa shape index (κ3) is 3.43. The van der Waals surface area contributed by atoms with Gasteiger partial charge >= 0.3 is 6.18 Å². The molecule has 1 nitrogen and oxygen atoms in total. The van der Waals surface area contributed by atoms with E-state index in [4.69, 9.17) is 0 Å². The van der Waals surface area contributed by atoms with Gasteiger partial charge in [-0.15, -0.1) is 0 Å². The Kier molecular flexibility index (Phi) is 3.80. The molecule has 1 fully saturated rings. The molecule has 0 bridgehead atoms. The molecule has 106 valence electrons. The van der Waals surface area contributed by atoms with Crippen LogP contribution in [0, 0.1) is 5.92 Å². The average Bonchev–Trinajstić information content (AvgIpc) is 2.31. The Morgan fingerprint density at radius 2 is 2.00 bits per heavy atom. The summed E-state index contributed by atoms with van der Waals surface area (Å²) in [4.78, 5) is 0. The molecule has 6 heteroatoms. The molecule has 19 heavy (non-hydrogen) atoms. The highest BCUT2D eigenvalue weighted by atomic mass is 19.4. The number of hydrogen-bond acceptors (Lipinski definition) is 1. The Bertz CT molecular complexity index is 441. The molecule has 0 saturated carbocycles. The molecule has 2 rings (SSSR count). The number of hydrogen-bond donors (Lipinski definition) is 1. The van der Waals surface area contributed by atoms with Crippen molar-refractivity contribution in [2.45, 2.75) is 24.9 Å². The second kappa shape index (κ2) is 5.07. The summed E-state index contributed by atoms with van der Waals surface area (Å²) in [5.74, 6) is -3.77. The van der Waals surface area contributed by atoms with E-state index in [1.54, 1.807) is 0 Å². The van der Waals surface area contributed by atoms with Crippen LogP contribution in [0.5, 0.6) is 0 Å². The van der Waals surface area contributed by atoms with E-state index in [0.717, 1.165) is 12.1 Å². The first kappa shape index (κ1) is 14.2. The van der Waals surface area contributed by atoms with Crippen LogP contribution in [0.2, 0.25) is 0 Å². The third-order valence-electron chi connectivity index (χ3n) is 3.36. The number of piperidine rings is 1. The molecule has 1 aromatic rings. The monoisotopic (exact) mass is 279 g/mol. The molecular formula is C13H14F5N. The molecule has 1 aromatic carbocycles. The second-order valence-electron chi connectivity index (χ2n) is 4.83. The fourth-order valence-electron chi connectivity index (χ4n) is 2.30. The summed E-state index contributed by atoms with van der Waals surface area (Å²) in [6.07, 6.45) is -4.20. The molecule has 1 aliphatic rings. The third-order valence-corrected chi connectivity index (χ3v) is 3.36. The highest BCUT2D eigenvalue weighted by molar-refractivity contribution is 5.26. The highest BCUT2D eigenvalue weighted by Gasteiger charge is 2.41. The maximum absolute atomic E-state index is 13.6. The van der Waals surface area contributed by atoms with Gasteiger partial charge in [0.15, 0.2) is 0 Å². The molecule has 1 saturated heterocycles. The molecule has 0 aliphatic carbocycles. The molecule has 1 heterocycles. The van der Waals surface area contributed by atoms with E-state index < -0.39 is 30.1 Å². The Morgan fingerprint density at radius 3 is 2.63 bits per heavy atom. The van der Waals surface area contributed by atoms with Crippen LogP contribution in [0.1, 0.15) is 17.5 Å². The number of halogens is 5. The van der Waals surface area contributed by atoms with Crippen LogP contribution < -0.4 is 5.32 Å². The zero-order chi connectivity index (χ0) is 14.1. The lowest BCUT2D eigenvalue weighted by atomic mass is 9.87. The van der Waals surface area contributed by atoms with Gasteiger partial charge in [0.25, 0.3) is 5.92 Å². The first-order valence-electron chi connectivity index (χ1n) is 6.04. The Hall–Kier alpha value is -1.17. The van der Waals surface area contributed by atoms with Crippen molar-refractivity contribution in [3.8, 4) is 0 Å². The number of rotatable bonds is 2. The molecule has 0 aromatic heterocycles. The zero-order valence-electron chi connectivity index (χ0n) is 10.1. The van der Waals surface area contributed by atoms with Crippen molar-refractivity contribution in [1.29, 1.82) is 0 Å². The topological polar surface area (TPSA) is 12.0 Å². The van der Waals surface area contributed by atoms with Gasteiger partial charge in [-0.3, -0.25) is 0 Å². The highest BCUT2D eigenvalue weighted by Crippen LogP contribution is 2.34. The fraction of sp³-hybridized carbons (Fsp3) is 0.538. The maximum Gasteiger partial charge on any atom is 0.416 e. The van der Waals surface area contributed by atoms with E-state index in [1.807, 2.05) is 0 Å². The zero-order valence-corrected chi connectivity index (χ0v) is 10.1. The van der Waals surface area contributed by atoms with Gasteiger partial charge in [0.1, 0.15) is 0 Å². The second-order valence-corrected chi connectivity index (χ2v) is 4.83. The van der Waals surface area contributed by atoms with Crippen LogP contribution >= 0.6 is 0 Å². The van der Waals surface area contributed by atoms with Crippen LogP contribution in [-0.4, -0.2) is 19.0 Å². The number of nitrogens with one attached hydrogen (secondary N) is 1. The van der Waals surface area contributed by atoms with E-state index in [2.05, 4.69) is 5.32 Å². The van der Waals surface area contributed by atoms with Crippen molar-refractivity contribution in [2.75, 3.05) is 13.1 Å². The molecule has 0 amide bonds. The van der Waals surface area contributed by atoms with Crippen molar-refractivity contribution in [3.63, 3.8) is 0 Å². The minimum absolute atomic E-state index is 0.0292. The van der Waals surface area contributed by atoms with Gasteiger partial charge in [-0.05, 0) is 31.0 Å². The summed E-state index contributed by atoms with van der Waals surface area (Å²) < 4.78 is 64.8. The predicted octanol–water partition coefficient (Wildman–Crippen LogP) is 3.49. The Balaban J connectivity index is 2.15. The van der Waals surface area contributed by atoms with Gasteiger partial charge in [0, 0.05) is 5.92 Å². The molecule has 1 N–H and O–H groups in total. The molecule has 1 unspecified atom stereocenters. The van der Waals surface area contributed by atoms with Gasteiger partial charge in [0.05, 0.1) is 12.1 Å². The van der Waals surface area contributed by atoms with E-state index in [0.29, 0.717) is 12.1 Å². The van der Waals surface area contributed by atoms with Gasteiger partial charge in [-0.1, -0.05) is 18.2 Å². The van der Waals surface area contributed by atoms with Crippen LogP contribution in [0.3, 0.4) is 0 Å². The maximum atomic E-state index is 13.6. The average molecular weight is 279 g/mol. The SMILES string of the molecule is FC(F)(F)c1cccc(CC2CCNCC2(F)F)c1. The number of alkyl halides is 5. The van der Waals surface area contributed by atoms with Crippen molar-refractivity contribution < 1.29 is 22.0 Å². The normalized spacial score (nSPS) is 23.3. The van der Waals surface area contributed by atoms with Crippen LogP contribution in [0.15, 0.2) is 24.3 Å². The largest absolute Gasteiger partial charge is 0.416 e. The summed E-state index contributed by atoms with van der Waals surface area (Å²) >= 11 is 0. The van der Waals surface area contributed by atoms with Crippen LogP contribution in [-0.2, 0) is 12.6 Å². The van der Waals surface area contributed by atoms with Crippen LogP contribution in [0.4, 0.5) is 22.0 Å². The van der Waals surface area contributed by atoms with Crippen molar-refractivity contribution in [2.24, 2.45) is 5.92 Å². The smallest absolute Gasteiger partial charge is 0.311 e. The quantitative estimate of drug-likeness (QED) is 0.817. The van der Waals surface area contributed by atoms with Gasteiger partial charge in [-0.2, -0.15) is 13.2 Å². The molecule has 1 atom stereocenters. The molecule has 0 spiro atoms. The van der Waals surface area contributed by atoms with Crippen molar-refractivity contribution in [1.82, 2.24) is 5.32 Å². The lowest BCUT2D eigenvalue weighted by molar-refractivity contribution is -0.137. The predicted molar refractivity (Wildman–Crippen MR) is 61.1 cm³/mol. The Labute approximate surface area is 107 Å². The van der Waals surface area contributed by atoms with E-state index in [-0.39, 0.29) is 12.8 Å². The summed E-state index contributed by atoms with van der Waals surface area (Å²) in [6.45, 7) is 0.0653. The minimum Gasteiger partial charge on any atom is -0.311 e. The lowest BCUT2D eigenvalue weighted by Gasteiger charge is -2.32. The molecule has 0 radical (unpaired) electrons. The van der Waals surface area contributed by atoms with Crippen LogP contribution in [0.25, 0.3) is 0 Å².